The predicted molar refractivity (Wildman–Crippen MR) is 77.1 cm³/mol. The van der Waals surface area contributed by atoms with E-state index in [0.717, 1.165) is 16.3 Å². The minimum Gasteiger partial charge on any atom is -0.481 e. The van der Waals surface area contributed by atoms with E-state index in [9.17, 15) is 4.79 Å². The Morgan fingerprint density at radius 3 is 3.24 bits per heavy atom. The molecule has 6 nitrogen and oxygen atoms in total. The molecule has 0 spiro atoms. The number of thiophene rings is 1. The molecule has 1 saturated heterocycles. The number of ether oxygens (including phenoxy) is 1. The van der Waals surface area contributed by atoms with E-state index in [4.69, 9.17) is 14.4 Å². The minimum atomic E-state index is -0.810. The van der Waals surface area contributed by atoms with Crippen molar-refractivity contribution in [3.05, 3.63) is 29.3 Å². The third-order valence-electron chi connectivity index (χ3n) is 3.45. The molecule has 3 rings (SSSR count). The maximum atomic E-state index is 10.9. The molecule has 21 heavy (non-hydrogen) atoms. The molecule has 1 unspecified atom stereocenters. The first-order valence-electron chi connectivity index (χ1n) is 6.75. The van der Waals surface area contributed by atoms with Gasteiger partial charge in [0.05, 0.1) is 30.2 Å². The number of hydrogen-bond donors (Lipinski definition) is 1. The van der Waals surface area contributed by atoms with Crippen LogP contribution < -0.4 is 0 Å². The van der Waals surface area contributed by atoms with Crippen LogP contribution in [0.25, 0.3) is 10.6 Å². The number of aromatic nitrogens is 1. The topological polar surface area (TPSA) is 75.8 Å². The molecule has 1 N–H and O–H groups in total. The second-order valence-corrected chi connectivity index (χ2v) is 5.90. The standard InChI is InChI=1S/C14H16N2O4S/c17-14(18)7-11-9-19-4-3-16(11)8-10-6-12(20-15-10)13-2-1-5-21-13/h1-2,5-6,11H,3-4,7-9H2,(H,17,18). The molecule has 7 heteroatoms. The van der Waals surface area contributed by atoms with Crippen molar-refractivity contribution < 1.29 is 19.2 Å². The minimum absolute atomic E-state index is 0.0790. The number of morpholine rings is 1. The largest absolute Gasteiger partial charge is 0.481 e. The molecule has 2 aromatic heterocycles. The summed E-state index contributed by atoms with van der Waals surface area (Å²) in [5.74, 6) is -0.0574. The molecule has 0 aromatic carbocycles. The van der Waals surface area contributed by atoms with Gasteiger partial charge in [0.1, 0.15) is 0 Å². The number of rotatable bonds is 5. The van der Waals surface area contributed by atoms with E-state index in [-0.39, 0.29) is 12.5 Å². The summed E-state index contributed by atoms with van der Waals surface area (Å²) in [6.07, 6.45) is 0.0790. The van der Waals surface area contributed by atoms with E-state index in [1.165, 1.54) is 0 Å². The van der Waals surface area contributed by atoms with Crippen molar-refractivity contribution in [1.82, 2.24) is 10.1 Å². The quantitative estimate of drug-likeness (QED) is 0.911. The Bertz CT molecular complexity index is 596. The Balaban J connectivity index is 1.68. The maximum absolute atomic E-state index is 10.9. The number of carboxylic acid groups (broad SMARTS) is 1. The van der Waals surface area contributed by atoms with Crippen LogP contribution in [0.3, 0.4) is 0 Å². The van der Waals surface area contributed by atoms with Crippen molar-refractivity contribution in [1.29, 1.82) is 0 Å². The van der Waals surface area contributed by atoms with Gasteiger partial charge in [-0.25, -0.2) is 0 Å². The van der Waals surface area contributed by atoms with Gasteiger partial charge in [-0.3, -0.25) is 9.69 Å². The molecular formula is C14H16N2O4S. The lowest BCUT2D eigenvalue weighted by Gasteiger charge is -2.34. The fourth-order valence-corrected chi connectivity index (χ4v) is 3.09. The Labute approximate surface area is 125 Å². The molecule has 112 valence electrons. The van der Waals surface area contributed by atoms with Crippen LogP contribution in [-0.4, -0.2) is 46.9 Å². The van der Waals surface area contributed by atoms with Gasteiger partial charge in [0.15, 0.2) is 5.76 Å². The van der Waals surface area contributed by atoms with Crippen molar-refractivity contribution in [3.63, 3.8) is 0 Å². The first-order chi connectivity index (χ1) is 10.2. The third kappa shape index (κ3) is 3.49. The highest BCUT2D eigenvalue weighted by atomic mass is 32.1. The van der Waals surface area contributed by atoms with E-state index in [1.807, 2.05) is 23.6 Å². The molecule has 0 bridgehead atoms. The third-order valence-corrected chi connectivity index (χ3v) is 4.33. The van der Waals surface area contributed by atoms with Crippen LogP contribution in [0.4, 0.5) is 0 Å². The van der Waals surface area contributed by atoms with E-state index in [2.05, 4.69) is 10.1 Å². The highest BCUT2D eigenvalue weighted by Crippen LogP contribution is 2.26. The highest BCUT2D eigenvalue weighted by Gasteiger charge is 2.26. The summed E-state index contributed by atoms with van der Waals surface area (Å²) >= 11 is 1.60. The molecule has 0 radical (unpaired) electrons. The Kier molecular flexibility index (Phi) is 4.33. The van der Waals surface area contributed by atoms with Crippen LogP contribution in [0.15, 0.2) is 28.1 Å². The Morgan fingerprint density at radius 2 is 2.48 bits per heavy atom. The lowest BCUT2D eigenvalue weighted by atomic mass is 10.1. The first-order valence-corrected chi connectivity index (χ1v) is 7.63. The zero-order valence-electron chi connectivity index (χ0n) is 11.4. The van der Waals surface area contributed by atoms with Crippen LogP contribution in [-0.2, 0) is 16.1 Å². The van der Waals surface area contributed by atoms with Gasteiger partial charge in [0.25, 0.3) is 0 Å². The average Bonchev–Trinajstić information content (AvgIpc) is 3.11. The molecule has 0 aliphatic carbocycles. The van der Waals surface area contributed by atoms with E-state index in [0.29, 0.717) is 26.3 Å². The average molecular weight is 308 g/mol. The van der Waals surface area contributed by atoms with Crippen molar-refractivity contribution in [2.24, 2.45) is 0 Å². The SMILES string of the molecule is O=C(O)CC1COCCN1Cc1cc(-c2cccs2)on1. The molecule has 3 heterocycles. The maximum Gasteiger partial charge on any atom is 0.305 e. The Morgan fingerprint density at radius 1 is 1.57 bits per heavy atom. The summed E-state index contributed by atoms with van der Waals surface area (Å²) in [7, 11) is 0. The highest BCUT2D eigenvalue weighted by molar-refractivity contribution is 7.13. The van der Waals surface area contributed by atoms with Crippen molar-refractivity contribution in [2.75, 3.05) is 19.8 Å². The number of carbonyl (C=O) groups is 1. The number of aliphatic carboxylic acids is 1. The summed E-state index contributed by atoms with van der Waals surface area (Å²) in [5, 5.41) is 15.0. The van der Waals surface area contributed by atoms with E-state index < -0.39 is 5.97 Å². The molecule has 1 atom stereocenters. The predicted octanol–water partition coefficient (Wildman–Crippen LogP) is 2.08. The van der Waals surface area contributed by atoms with Crippen molar-refractivity contribution >= 4 is 17.3 Å². The zero-order chi connectivity index (χ0) is 14.7. The monoisotopic (exact) mass is 308 g/mol. The van der Waals surface area contributed by atoms with Gasteiger partial charge in [-0.1, -0.05) is 11.2 Å². The van der Waals surface area contributed by atoms with Crippen LogP contribution in [0.5, 0.6) is 0 Å². The van der Waals surface area contributed by atoms with E-state index >= 15 is 0 Å². The molecule has 0 amide bonds. The van der Waals surface area contributed by atoms with Gasteiger partial charge in [-0.05, 0) is 11.4 Å². The van der Waals surface area contributed by atoms with Crippen LogP contribution >= 0.6 is 11.3 Å². The van der Waals surface area contributed by atoms with Crippen molar-refractivity contribution in [3.8, 4) is 10.6 Å². The fourth-order valence-electron chi connectivity index (χ4n) is 2.42. The van der Waals surface area contributed by atoms with Crippen LogP contribution in [0.1, 0.15) is 12.1 Å². The second-order valence-electron chi connectivity index (χ2n) is 4.96. The molecule has 2 aromatic rings. The van der Waals surface area contributed by atoms with Gasteiger partial charge in [0, 0.05) is 25.2 Å². The summed E-state index contributed by atoms with van der Waals surface area (Å²) in [4.78, 5) is 14.0. The van der Waals surface area contributed by atoms with Crippen LogP contribution in [0, 0.1) is 0 Å². The van der Waals surface area contributed by atoms with E-state index in [1.54, 1.807) is 11.3 Å². The van der Waals surface area contributed by atoms with Gasteiger partial charge >= 0.3 is 5.97 Å². The number of carboxylic acids is 1. The van der Waals surface area contributed by atoms with Crippen molar-refractivity contribution in [2.45, 2.75) is 19.0 Å². The molecule has 0 saturated carbocycles. The molecule has 1 fully saturated rings. The van der Waals surface area contributed by atoms with Crippen LogP contribution in [0.2, 0.25) is 0 Å². The zero-order valence-corrected chi connectivity index (χ0v) is 12.2. The smallest absolute Gasteiger partial charge is 0.305 e. The molecule has 1 aliphatic heterocycles. The fraction of sp³-hybridized carbons (Fsp3) is 0.429. The summed E-state index contributed by atoms with van der Waals surface area (Å²) in [6.45, 7) is 2.35. The van der Waals surface area contributed by atoms with Gasteiger partial charge in [-0.2, -0.15) is 0 Å². The van der Waals surface area contributed by atoms with Gasteiger partial charge in [-0.15, -0.1) is 11.3 Å². The summed E-state index contributed by atoms with van der Waals surface area (Å²) in [5.41, 5.74) is 0.815. The second kappa shape index (κ2) is 6.38. The Hall–Kier alpha value is -1.70. The summed E-state index contributed by atoms with van der Waals surface area (Å²) < 4.78 is 10.7. The van der Waals surface area contributed by atoms with Gasteiger partial charge in [0.2, 0.25) is 0 Å². The summed E-state index contributed by atoms with van der Waals surface area (Å²) in [6, 6.07) is 5.75. The first kappa shape index (κ1) is 14.2. The number of hydrogen-bond acceptors (Lipinski definition) is 6. The normalized spacial score (nSPS) is 19.7. The van der Waals surface area contributed by atoms with Gasteiger partial charge < -0.3 is 14.4 Å². The molecular weight excluding hydrogens is 292 g/mol. The molecule has 1 aliphatic rings. The lowest BCUT2D eigenvalue weighted by molar-refractivity contribution is -0.140. The lowest BCUT2D eigenvalue weighted by Crippen LogP contribution is -2.45. The number of nitrogens with zero attached hydrogens (tertiary/aromatic N) is 2.